The standard InChI is InChI=1S/C20H31N3O3/c1-16-9-12-22(13-10-16)19-7-5-18(6-8-19)21-20(25)15-23(17(2)24)11-4-14-26-3/h5-8,16H,4,9-15H2,1-3H3,(H,21,25). The van der Waals surface area contributed by atoms with Gasteiger partial charge in [0.15, 0.2) is 0 Å². The lowest BCUT2D eigenvalue weighted by molar-refractivity contribution is -0.132. The van der Waals surface area contributed by atoms with Crippen LogP contribution in [0, 0.1) is 5.92 Å². The Morgan fingerprint density at radius 2 is 1.88 bits per heavy atom. The molecule has 2 amide bonds. The summed E-state index contributed by atoms with van der Waals surface area (Å²) in [5, 5.41) is 2.87. The molecule has 0 aromatic heterocycles. The fraction of sp³-hybridized carbons (Fsp3) is 0.600. The Morgan fingerprint density at radius 3 is 2.46 bits per heavy atom. The molecule has 6 heteroatoms. The van der Waals surface area contributed by atoms with E-state index in [2.05, 4.69) is 17.1 Å². The predicted octanol–water partition coefficient (Wildman–Crippen LogP) is 2.75. The summed E-state index contributed by atoms with van der Waals surface area (Å²) in [5.41, 5.74) is 1.95. The largest absolute Gasteiger partial charge is 0.385 e. The second kappa shape index (κ2) is 10.2. The molecule has 0 radical (unpaired) electrons. The number of carbonyl (C=O) groups is 2. The molecule has 1 aromatic rings. The zero-order chi connectivity index (χ0) is 18.9. The molecule has 1 heterocycles. The van der Waals surface area contributed by atoms with Gasteiger partial charge in [-0.1, -0.05) is 6.92 Å². The van der Waals surface area contributed by atoms with Crippen LogP contribution in [0.15, 0.2) is 24.3 Å². The van der Waals surface area contributed by atoms with E-state index in [0.717, 1.165) is 24.7 Å². The zero-order valence-corrected chi connectivity index (χ0v) is 16.2. The Balaban J connectivity index is 1.85. The van der Waals surface area contributed by atoms with Gasteiger partial charge in [0.25, 0.3) is 0 Å². The van der Waals surface area contributed by atoms with Crippen LogP contribution in [0.5, 0.6) is 0 Å². The maximum absolute atomic E-state index is 12.2. The normalized spacial score (nSPS) is 15.0. The van der Waals surface area contributed by atoms with Crippen LogP contribution in [0.25, 0.3) is 0 Å². The Morgan fingerprint density at radius 1 is 1.23 bits per heavy atom. The lowest BCUT2D eigenvalue weighted by Crippen LogP contribution is -2.37. The molecule has 0 aliphatic carbocycles. The van der Waals surface area contributed by atoms with E-state index in [-0.39, 0.29) is 18.4 Å². The van der Waals surface area contributed by atoms with Gasteiger partial charge < -0.3 is 19.9 Å². The molecule has 1 aliphatic heterocycles. The highest BCUT2D eigenvalue weighted by molar-refractivity contribution is 5.94. The van der Waals surface area contributed by atoms with E-state index >= 15 is 0 Å². The van der Waals surface area contributed by atoms with Gasteiger partial charge in [0, 0.05) is 51.6 Å². The van der Waals surface area contributed by atoms with Crippen molar-refractivity contribution in [1.82, 2.24) is 4.90 Å². The van der Waals surface area contributed by atoms with E-state index in [4.69, 9.17) is 4.74 Å². The molecule has 1 aliphatic rings. The molecular weight excluding hydrogens is 330 g/mol. The van der Waals surface area contributed by atoms with Crippen LogP contribution in [0.4, 0.5) is 11.4 Å². The number of amides is 2. The van der Waals surface area contributed by atoms with Gasteiger partial charge in [0.1, 0.15) is 0 Å². The third kappa shape index (κ3) is 6.33. The number of ether oxygens (including phenoxy) is 1. The third-order valence-electron chi connectivity index (χ3n) is 4.86. The minimum atomic E-state index is -0.183. The molecule has 6 nitrogen and oxygen atoms in total. The fourth-order valence-corrected chi connectivity index (χ4v) is 3.14. The van der Waals surface area contributed by atoms with Gasteiger partial charge in [-0.25, -0.2) is 0 Å². The monoisotopic (exact) mass is 361 g/mol. The second-order valence-electron chi connectivity index (χ2n) is 7.05. The number of nitrogens with one attached hydrogen (secondary N) is 1. The van der Waals surface area contributed by atoms with Crippen LogP contribution >= 0.6 is 0 Å². The third-order valence-corrected chi connectivity index (χ3v) is 4.86. The summed E-state index contributed by atoms with van der Waals surface area (Å²) in [4.78, 5) is 27.8. The van der Waals surface area contributed by atoms with Crippen molar-refractivity contribution in [3.05, 3.63) is 24.3 Å². The molecule has 144 valence electrons. The van der Waals surface area contributed by atoms with E-state index in [1.54, 1.807) is 7.11 Å². The number of hydrogen-bond donors (Lipinski definition) is 1. The number of benzene rings is 1. The summed E-state index contributed by atoms with van der Waals surface area (Å²) in [6.07, 6.45) is 3.16. The van der Waals surface area contributed by atoms with Gasteiger partial charge in [-0.05, 0) is 49.4 Å². The van der Waals surface area contributed by atoms with Crippen molar-refractivity contribution >= 4 is 23.2 Å². The summed E-state index contributed by atoms with van der Waals surface area (Å²) in [7, 11) is 1.62. The maximum Gasteiger partial charge on any atom is 0.243 e. The molecule has 0 spiro atoms. The Bertz CT molecular complexity index is 580. The molecule has 0 atom stereocenters. The van der Waals surface area contributed by atoms with Gasteiger partial charge in [0.2, 0.25) is 11.8 Å². The predicted molar refractivity (Wildman–Crippen MR) is 104 cm³/mol. The van der Waals surface area contributed by atoms with Crippen molar-refractivity contribution in [2.45, 2.75) is 33.1 Å². The van der Waals surface area contributed by atoms with Crippen LogP contribution in [-0.2, 0) is 14.3 Å². The minimum Gasteiger partial charge on any atom is -0.385 e. The fourth-order valence-electron chi connectivity index (χ4n) is 3.14. The lowest BCUT2D eigenvalue weighted by Gasteiger charge is -2.32. The summed E-state index contributed by atoms with van der Waals surface area (Å²) in [6, 6.07) is 7.95. The first kappa shape index (κ1) is 20.2. The maximum atomic E-state index is 12.2. The van der Waals surface area contributed by atoms with Crippen LogP contribution in [0.3, 0.4) is 0 Å². The van der Waals surface area contributed by atoms with E-state index in [9.17, 15) is 9.59 Å². The van der Waals surface area contributed by atoms with Gasteiger partial charge in [-0.3, -0.25) is 9.59 Å². The molecule has 0 bridgehead atoms. The first-order valence-corrected chi connectivity index (χ1v) is 9.39. The highest BCUT2D eigenvalue weighted by atomic mass is 16.5. The Hall–Kier alpha value is -2.08. The van der Waals surface area contributed by atoms with Crippen molar-refractivity contribution in [3.63, 3.8) is 0 Å². The quantitative estimate of drug-likeness (QED) is 0.723. The van der Waals surface area contributed by atoms with Gasteiger partial charge in [-0.2, -0.15) is 0 Å². The first-order valence-electron chi connectivity index (χ1n) is 9.39. The molecule has 1 N–H and O–H groups in total. The topological polar surface area (TPSA) is 61.9 Å². The zero-order valence-electron chi connectivity index (χ0n) is 16.2. The summed E-state index contributed by atoms with van der Waals surface area (Å²) < 4.78 is 5.00. The van der Waals surface area contributed by atoms with Crippen molar-refractivity contribution in [1.29, 1.82) is 0 Å². The van der Waals surface area contributed by atoms with Gasteiger partial charge >= 0.3 is 0 Å². The van der Waals surface area contributed by atoms with Crippen LogP contribution in [-0.4, -0.2) is 56.6 Å². The van der Waals surface area contributed by atoms with Gasteiger partial charge in [-0.15, -0.1) is 0 Å². The van der Waals surface area contributed by atoms with Crippen molar-refractivity contribution in [3.8, 4) is 0 Å². The highest BCUT2D eigenvalue weighted by Crippen LogP contribution is 2.24. The SMILES string of the molecule is COCCCN(CC(=O)Nc1ccc(N2CCC(C)CC2)cc1)C(C)=O. The Labute approximate surface area is 156 Å². The number of hydrogen-bond acceptors (Lipinski definition) is 4. The lowest BCUT2D eigenvalue weighted by atomic mass is 9.99. The van der Waals surface area contributed by atoms with Crippen molar-refractivity contribution in [2.75, 3.05) is 50.1 Å². The van der Waals surface area contributed by atoms with E-state index in [1.807, 2.05) is 24.3 Å². The van der Waals surface area contributed by atoms with E-state index in [0.29, 0.717) is 19.6 Å². The van der Waals surface area contributed by atoms with Crippen LogP contribution < -0.4 is 10.2 Å². The van der Waals surface area contributed by atoms with Crippen molar-refractivity contribution in [2.24, 2.45) is 5.92 Å². The molecule has 0 unspecified atom stereocenters. The van der Waals surface area contributed by atoms with Crippen molar-refractivity contribution < 1.29 is 14.3 Å². The minimum absolute atomic E-state index is 0.0603. The molecule has 1 aromatic carbocycles. The molecule has 1 fully saturated rings. The number of rotatable bonds is 8. The number of piperidine rings is 1. The smallest absolute Gasteiger partial charge is 0.243 e. The molecule has 1 saturated heterocycles. The van der Waals surface area contributed by atoms with Crippen LogP contribution in [0.2, 0.25) is 0 Å². The summed E-state index contributed by atoms with van der Waals surface area (Å²) >= 11 is 0. The van der Waals surface area contributed by atoms with Gasteiger partial charge in [0.05, 0.1) is 6.54 Å². The number of nitrogens with zero attached hydrogens (tertiary/aromatic N) is 2. The molecule has 2 rings (SSSR count). The molecule has 26 heavy (non-hydrogen) atoms. The first-order chi connectivity index (χ1) is 12.5. The Kier molecular flexibility index (Phi) is 7.91. The number of methoxy groups -OCH3 is 1. The summed E-state index contributed by atoms with van der Waals surface area (Å²) in [6.45, 7) is 7.10. The summed E-state index contributed by atoms with van der Waals surface area (Å²) in [5.74, 6) is 0.515. The average Bonchev–Trinajstić information content (AvgIpc) is 2.62. The van der Waals surface area contributed by atoms with Crippen LogP contribution in [0.1, 0.15) is 33.1 Å². The highest BCUT2D eigenvalue weighted by Gasteiger charge is 2.16. The second-order valence-corrected chi connectivity index (χ2v) is 7.05. The van der Waals surface area contributed by atoms with E-state index < -0.39 is 0 Å². The number of anilines is 2. The van der Waals surface area contributed by atoms with E-state index in [1.165, 1.54) is 30.4 Å². The average molecular weight is 361 g/mol. The number of carbonyl (C=O) groups excluding carboxylic acids is 2. The molecule has 0 saturated carbocycles. The molecular formula is C20H31N3O3.